The molecule has 10 heteroatoms. The van der Waals surface area contributed by atoms with Gasteiger partial charge in [-0.2, -0.15) is 0 Å². The van der Waals surface area contributed by atoms with Gasteiger partial charge in [-0.1, -0.05) is 11.8 Å². The molecule has 144 valence electrons. The molecule has 8 nitrogen and oxygen atoms in total. The van der Waals surface area contributed by atoms with Gasteiger partial charge in [0.05, 0.1) is 19.0 Å². The highest BCUT2D eigenvalue weighted by molar-refractivity contribution is 7.99. The molecule has 0 saturated heterocycles. The van der Waals surface area contributed by atoms with Gasteiger partial charge in [-0.05, 0) is 18.2 Å². The van der Waals surface area contributed by atoms with E-state index in [1.165, 1.54) is 23.9 Å². The van der Waals surface area contributed by atoms with Crippen molar-refractivity contribution in [1.29, 1.82) is 0 Å². The monoisotopic (exact) mass is 393 g/mol. The maximum atomic E-state index is 13.4. The number of aromatic nitrogens is 4. The summed E-state index contributed by atoms with van der Waals surface area (Å²) in [5.41, 5.74) is 1.75. The van der Waals surface area contributed by atoms with Crippen molar-refractivity contribution in [2.75, 3.05) is 46.3 Å². The van der Waals surface area contributed by atoms with E-state index in [1.807, 2.05) is 0 Å². The molecule has 0 aliphatic heterocycles. The number of nitrogens with one attached hydrogen (secondary N) is 1. The van der Waals surface area contributed by atoms with Gasteiger partial charge in [0.2, 0.25) is 11.1 Å². The Morgan fingerprint density at radius 2 is 1.96 bits per heavy atom. The minimum atomic E-state index is -0.346. The molecule has 3 rings (SSSR count). The number of fused-ring (bicyclic) bond motifs is 3. The van der Waals surface area contributed by atoms with Gasteiger partial charge in [-0.15, -0.1) is 10.2 Å². The second kappa shape index (κ2) is 9.07. The Balaban J connectivity index is 1.70. The van der Waals surface area contributed by atoms with Gasteiger partial charge in [0.1, 0.15) is 11.3 Å². The highest BCUT2D eigenvalue weighted by Gasteiger charge is 2.16. The maximum Gasteiger partial charge on any atom is 0.233 e. The van der Waals surface area contributed by atoms with Crippen LogP contribution in [0.4, 0.5) is 4.39 Å². The molecule has 0 radical (unpaired) electrons. The number of methoxy groups -OCH3 is 2. The summed E-state index contributed by atoms with van der Waals surface area (Å²) < 4.78 is 23.5. The lowest BCUT2D eigenvalue weighted by atomic mass is 10.2. The highest BCUT2D eigenvalue weighted by atomic mass is 32.2. The fourth-order valence-electron chi connectivity index (χ4n) is 2.57. The summed E-state index contributed by atoms with van der Waals surface area (Å²) in [5.74, 6) is -0.229. The minimum absolute atomic E-state index is 0.0588. The van der Waals surface area contributed by atoms with Crippen LogP contribution >= 0.6 is 11.8 Å². The number of carbonyl (C=O) groups is 1. The number of carbonyl (C=O) groups excluding carboxylic acids is 1. The molecule has 0 atom stereocenters. The second-order valence-electron chi connectivity index (χ2n) is 5.76. The van der Waals surface area contributed by atoms with E-state index in [4.69, 9.17) is 9.47 Å². The minimum Gasteiger partial charge on any atom is -0.383 e. The molecule has 0 unspecified atom stereocenters. The van der Waals surface area contributed by atoms with Crippen molar-refractivity contribution in [3.05, 3.63) is 24.0 Å². The fraction of sp³-hybridized carbons (Fsp3) is 0.412. The third kappa shape index (κ3) is 4.71. The van der Waals surface area contributed by atoms with Crippen molar-refractivity contribution in [3.8, 4) is 0 Å². The SMILES string of the molecule is COCCN(CCOC)C(=O)CSc1nnc2c(n1)[nH]c1ccc(F)cc12. The molecule has 0 saturated carbocycles. The number of nitrogens with zero attached hydrogens (tertiary/aromatic N) is 4. The van der Waals surface area contributed by atoms with E-state index in [0.717, 1.165) is 5.52 Å². The van der Waals surface area contributed by atoms with Crippen LogP contribution in [-0.4, -0.2) is 77.2 Å². The first-order valence-electron chi connectivity index (χ1n) is 8.32. The van der Waals surface area contributed by atoms with Crippen molar-refractivity contribution < 1.29 is 18.7 Å². The lowest BCUT2D eigenvalue weighted by Crippen LogP contribution is -2.37. The number of halogens is 1. The number of benzene rings is 1. The summed E-state index contributed by atoms with van der Waals surface area (Å²) in [6, 6.07) is 4.40. The molecule has 0 spiro atoms. The lowest BCUT2D eigenvalue weighted by Gasteiger charge is -2.21. The normalized spacial score (nSPS) is 11.4. The van der Waals surface area contributed by atoms with E-state index < -0.39 is 0 Å². The molecular formula is C17H20FN5O3S. The molecule has 0 aliphatic rings. The molecule has 0 fully saturated rings. The Labute approximate surface area is 159 Å². The van der Waals surface area contributed by atoms with E-state index in [0.29, 0.717) is 48.0 Å². The molecular weight excluding hydrogens is 373 g/mol. The van der Waals surface area contributed by atoms with Gasteiger partial charge in [-0.3, -0.25) is 4.79 Å². The third-order valence-corrected chi connectivity index (χ3v) is 4.79. The number of rotatable bonds is 9. The maximum absolute atomic E-state index is 13.4. The predicted octanol–water partition coefficient (Wildman–Crippen LogP) is 1.86. The van der Waals surface area contributed by atoms with Crippen LogP contribution in [0.1, 0.15) is 0 Å². The predicted molar refractivity (Wildman–Crippen MR) is 100 cm³/mol. The summed E-state index contributed by atoms with van der Waals surface area (Å²) in [6.45, 7) is 1.89. The summed E-state index contributed by atoms with van der Waals surface area (Å²) >= 11 is 1.20. The van der Waals surface area contributed by atoms with Crippen LogP contribution in [-0.2, 0) is 14.3 Å². The van der Waals surface area contributed by atoms with E-state index in [-0.39, 0.29) is 17.5 Å². The van der Waals surface area contributed by atoms with Gasteiger partial charge in [0.15, 0.2) is 5.65 Å². The molecule has 27 heavy (non-hydrogen) atoms. The Kier molecular flexibility index (Phi) is 6.54. The van der Waals surface area contributed by atoms with Crippen LogP contribution < -0.4 is 0 Å². The molecule has 0 aliphatic carbocycles. The number of ether oxygens (including phenoxy) is 2. The molecule has 2 heterocycles. The third-order valence-electron chi connectivity index (χ3n) is 3.97. The zero-order valence-electron chi connectivity index (χ0n) is 15.1. The molecule has 2 aromatic heterocycles. The number of hydrogen-bond donors (Lipinski definition) is 1. The van der Waals surface area contributed by atoms with Crippen molar-refractivity contribution >= 4 is 39.7 Å². The molecule has 1 N–H and O–H groups in total. The quantitative estimate of drug-likeness (QED) is 0.555. The van der Waals surface area contributed by atoms with Crippen LogP contribution in [0.2, 0.25) is 0 Å². The van der Waals surface area contributed by atoms with Crippen molar-refractivity contribution in [2.24, 2.45) is 0 Å². The first-order valence-corrected chi connectivity index (χ1v) is 9.31. The second-order valence-corrected chi connectivity index (χ2v) is 6.70. The summed E-state index contributed by atoms with van der Waals surface area (Å²) in [7, 11) is 3.18. The van der Waals surface area contributed by atoms with E-state index >= 15 is 0 Å². The van der Waals surface area contributed by atoms with Gasteiger partial charge in [-0.25, -0.2) is 9.37 Å². The van der Waals surface area contributed by atoms with Crippen LogP contribution in [0.25, 0.3) is 22.1 Å². The van der Waals surface area contributed by atoms with E-state index in [9.17, 15) is 9.18 Å². The smallest absolute Gasteiger partial charge is 0.233 e. The Morgan fingerprint density at radius 3 is 2.67 bits per heavy atom. The van der Waals surface area contributed by atoms with Crippen LogP contribution in [0.3, 0.4) is 0 Å². The highest BCUT2D eigenvalue weighted by Crippen LogP contribution is 2.24. The first kappa shape index (κ1) is 19.5. The lowest BCUT2D eigenvalue weighted by molar-refractivity contribution is -0.129. The number of aromatic amines is 1. The van der Waals surface area contributed by atoms with Crippen molar-refractivity contribution in [1.82, 2.24) is 25.1 Å². The number of hydrogen-bond acceptors (Lipinski definition) is 7. The number of H-pyrrole nitrogens is 1. The van der Waals surface area contributed by atoms with Gasteiger partial charge in [0, 0.05) is 38.2 Å². The van der Waals surface area contributed by atoms with Gasteiger partial charge in [0.25, 0.3) is 0 Å². The average molecular weight is 393 g/mol. The number of amides is 1. The summed E-state index contributed by atoms with van der Waals surface area (Å²) in [4.78, 5) is 21.6. The molecule has 0 bridgehead atoms. The van der Waals surface area contributed by atoms with Crippen molar-refractivity contribution in [2.45, 2.75) is 5.16 Å². The Bertz CT molecular complexity index is 927. The van der Waals surface area contributed by atoms with Crippen LogP contribution in [0, 0.1) is 5.82 Å². The zero-order chi connectivity index (χ0) is 19.2. The number of thioether (sulfide) groups is 1. The Morgan fingerprint density at radius 1 is 1.22 bits per heavy atom. The first-order chi connectivity index (χ1) is 13.1. The largest absolute Gasteiger partial charge is 0.383 e. The van der Waals surface area contributed by atoms with E-state index in [2.05, 4.69) is 20.2 Å². The standard InChI is InChI=1S/C17H20FN5O3S/c1-25-7-5-23(6-8-26-2)14(24)10-27-17-20-16-15(21-22-17)12-9-11(18)3-4-13(12)19-16/h3-4,9H,5-8,10H2,1-2H3,(H,19,20,22). The van der Waals surface area contributed by atoms with Gasteiger partial charge < -0.3 is 19.4 Å². The van der Waals surface area contributed by atoms with Crippen molar-refractivity contribution in [3.63, 3.8) is 0 Å². The average Bonchev–Trinajstić information content (AvgIpc) is 3.03. The Hall–Kier alpha value is -2.30. The van der Waals surface area contributed by atoms with E-state index in [1.54, 1.807) is 25.2 Å². The summed E-state index contributed by atoms with van der Waals surface area (Å²) in [5, 5.41) is 9.19. The van der Waals surface area contributed by atoms with Crippen LogP contribution in [0.5, 0.6) is 0 Å². The molecule has 1 amide bonds. The molecule has 3 aromatic rings. The molecule has 1 aromatic carbocycles. The fourth-order valence-corrected chi connectivity index (χ4v) is 3.26. The van der Waals surface area contributed by atoms with Gasteiger partial charge >= 0.3 is 0 Å². The zero-order valence-corrected chi connectivity index (χ0v) is 15.9. The van der Waals surface area contributed by atoms with Crippen LogP contribution in [0.15, 0.2) is 23.4 Å². The topological polar surface area (TPSA) is 93.2 Å². The summed E-state index contributed by atoms with van der Waals surface area (Å²) in [6.07, 6.45) is 0.